The van der Waals surface area contributed by atoms with Crippen LogP contribution in [0.15, 0.2) is 36.9 Å². The van der Waals surface area contributed by atoms with E-state index >= 15 is 0 Å². The van der Waals surface area contributed by atoms with Crippen LogP contribution in [0.3, 0.4) is 0 Å². The first kappa shape index (κ1) is 20.2. The number of halogens is 1. The van der Waals surface area contributed by atoms with Gasteiger partial charge >= 0.3 is 0 Å². The first-order chi connectivity index (χ1) is 13.6. The fraction of sp³-hybridized carbons (Fsp3) is 0.450. The van der Waals surface area contributed by atoms with Gasteiger partial charge in [0.15, 0.2) is 0 Å². The molecule has 0 fully saturated rings. The summed E-state index contributed by atoms with van der Waals surface area (Å²) in [5, 5.41) is 3.40. The third kappa shape index (κ3) is 5.73. The van der Waals surface area contributed by atoms with E-state index in [1.165, 1.54) is 0 Å². The Hall–Kier alpha value is -2.54. The minimum atomic E-state index is -0.190. The molecule has 2 aromatic rings. The van der Waals surface area contributed by atoms with Crippen LogP contribution in [-0.2, 0) is 11.3 Å². The van der Waals surface area contributed by atoms with E-state index in [4.69, 9.17) is 16.3 Å². The summed E-state index contributed by atoms with van der Waals surface area (Å²) < 4.78 is 7.71. The summed E-state index contributed by atoms with van der Waals surface area (Å²) in [5.74, 6) is 0.448. The predicted molar refractivity (Wildman–Crippen MR) is 107 cm³/mol. The topological polar surface area (TPSA) is 76.5 Å². The summed E-state index contributed by atoms with van der Waals surface area (Å²) in [7, 11) is 0. The molecule has 2 amide bonds. The Bertz CT molecular complexity index is 795. The van der Waals surface area contributed by atoms with Crippen LogP contribution in [0.1, 0.15) is 36.0 Å². The normalized spacial score (nSPS) is 16.0. The monoisotopic (exact) mass is 404 g/mol. The first-order valence-corrected chi connectivity index (χ1v) is 9.95. The second kappa shape index (κ2) is 10.1. The van der Waals surface area contributed by atoms with Gasteiger partial charge in [0, 0.05) is 50.0 Å². The number of carbonyl (C=O) groups excluding carboxylic acids is 2. The second-order valence-electron chi connectivity index (χ2n) is 6.74. The van der Waals surface area contributed by atoms with Crippen molar-refractivity contribution in [2.24, 2.45) is 0 Å². The molecule has 1 aliphatic heterocycles. The molecule has 0 spiro atoms. The van der Waals surface area contributed by atoms with Crippen molar-refractivity contribution in [1.29, 1.82) is 0 Å². The third-order valence-corrected chi connectivity index (χ3v) is 4.89. The lowest BCUT2D eigenvalue weighted by Gasteiger charge is -2.23. The minimum absolute atomic E-state index is 0.125. The molecule has 0 saturated carbocycles. The number of carbonyl (C=O) groups is 2. The number of ether oxygens (including phenoxy) is 1. The van der Waals surface area contributed by atoms with Gasteiger partial charge in [-0.25, -0.2) is 4.98 Å². The zero-order valence-corrected chi connectivity index (χ0v) is 16.5. The number of imidazole rings is 1. The van der Waals surface area contributed by atoms with Crippen LogP contribution in [0.4, 0.5) is 0 Å². The summed E-state index contributed by atoms with van der Waals surface area (Å²) in [5.41, 5.74) is 0.444. The highest BCUT2D eigenvalue weighted by molar-refractivity contribution is 6.31. The summed E-state index contributed by atoms with van der Waals surface area (Å²) in [6.07, 6.45) is 8.05. The SMILES string of the molecule is O=C1NCCCCN(C(=O)CCn2ccnc2)CCCOc2ccc(Cl)cc21. The molecule has 0 saturated heterocycles. The lowest BCUT2D eigenvalue weighted by atomic mass is 10.2. The molecule has 7 nitrogen and oxygen atoms in total. The van der Waals surface area contributed by atoms with Crippen LogP contribution < -0.4 is 10.1 Å². The van der Waals surface area contributed by atoms with Gasteiger partial charge in [-0.3, -0.25) is 9.59 Å². The number of aryl methyl sites for hydroxylation is 1. The molecular weight excluding hydrogens is 380 g/mol. The molecule has 150 valence electrons. The Morgan fingerprint density at radius 1 is 1.25 bits per heavy atom. The van der Waals surface area contributed by atoms with Crippen LogP contribution >= 0.6 is 11.6 Å². The lowest BCUT2D eigenvalue weighted by Crippen LogP contribution is -2.34. The van der Waals surface area contributed by atoms with Crippen LogP contribution in [0.25, 0.3) is 0 Å². The van der Waals surface area contributed by atoms with Gasteiger partial charge < -0.3 is 19.5 Å². The van der Waals surface area contributed by atoms with Gasteiger partial charge in [0.1, 0.15) is 5.75 Å². The maximum atomic E-state index is 12.6. The van der Waals surface area contributed by atoms with Gasteiger partial charge in [0.05, 0.1) is 18.5 Å². The molecule has 28 heavy (non-hydrogen) atoms. The Balaban J connectivity index is 1.60. The lowest BCUT2D eigenvalue weighted by molar-refractivity contribution is -0.131. The van der Waals surface area contributed by atoms with Gasteiger partial charge in [-0.05, 0) is 37.5 Å². The largest absolute Gasteiger partial charge is 0.493 e. The Kier molecular flexibility index (Phi) is 7.31. The van der Waals surface area contributed by atoms with E-state index in [0.29, 0.717) is 62.0 Å². The van der Waals surface area contributed by atoms with E-state index in [-0.39, 0.29) is 11.8 Å². The minimum Gasteiger partial charge on any atom is -0.493 e. The number of hydrogen-bond acceptors (Lipinski definition) is 4. The van der Waals surface area contributed by atoms with Crippen molar-refractivity contribution in [2.75, 3.05) is 26.2 Å². The van der Waals surface area contributed by atoms with Crippen molar-refractivity contribution in [2.45, 2.75) is 32.2 Å². The Morgan fingerprint density at radius 3 is 2.93 bits per heavy atom. The molecule has 1 aliphatic rings. The van der Waals surface area contributed by atoms with E-state index in [9.17, 15) is 9.59 Å². The molecular formula is C20H25ClN4O3. The number of fused-ring (bicyclic) bond motifs is 1. The number of rotatable bonds is 3. The molecule has 0 aliphatic carbocycles. The zero-order chi connectivity index (χ0) is 19.8. The van der Waals surface area contributed by atoms with Crippen molar-refractivity contribution in [3.63, 3.8) is 0 Å². The van der Waals surface area contributed by atoms with Crippen molar-refractivity contribution in [3.8, 4) is 5.75 Å². The maximum Gasteiger partial charge on any atom is 0.255 e. The van der Waals surface area contributed by atoms with E-state index in [0.717, 1.165) is 12.8 Å². The van der Waals surface area contributed by atoms with E-state index < -0.39 is 0 Å². The summed E-state index contributed by atoms with van der Waals surface area (Å²) in [6.45, 7) is 2.90. The van der Waals surface area contributed by atoms with E-state index in [1.54, 1.807) is 30.7 Å². The molecule has 0 radical (unpaired) electrons. The van der Waals surface area contributed by atoms with Crippen LogP contribution in [0, 0.1) is 0 Å². The second-order valence-corrected chi connectivity index (χ2v) is 7.17. The fourth-order valence-corrected chi connectivity index (χ4v) is 3.30. The van der Waals surface area contributed by atoms with Crippen LogP contribution in [0.5, 0.6) is 5.75 Å². The van der Waals surface area contributed by atoms with E-state index in [2.05, 4.69) is 10.3 Å². The molecule has 1 N–H and O–H groups in total. The highest BCUT2D eigenvalue weighted by Gasteiger charge is 2.16. The van der Waals surface area contributed by atoms with Gasteiger partial charge in [-0.1, -0.05) is 11.6 Å². The van der Waals surface area contributed by atoms with Gasteiger partial charge in [-0.15, -0.1) is 0 Å². The third-order valence-electron chi connectivity index (χ3n) is 4.65. The number of nitrogens with one attached hydrogen (secondary N) is 1. The molecule has 8 heteroatoms. The van der Waals surface area contributed by atoms with Gasteiger partial charge in [0.2, 0.25) is 5.91 Å². The molecule has 2 heterocycles. The predicted octanol–water partition coefficient (Wildman–Crippen LogP) is 2.75. The molecule has 0 bridgehead atoms. The molecule has 1 aromatic heterocycles. The number of hydrogen-bond donors (Lipinski definition) is 1. The highest BCUT2D eigenvalue weighted by Crippen LogP contribution is 2.23. The number of benzene rings is 1. The standard InChI is InChI=1S/C20H25ClN4O3/c21-16-4-5-18-17(14-16)20(27)23-7-1-2-9-25(10-3-13-28-18)19(26)6-11-24-12-8-22-15-24/h4-5,8,12,14-15H,1-3,6-7,9-11,13H2,(H,23,27). The Labute approximate surface area is 169 Å². The molecule has 3 rings (SSSR count). The average molecular weight is 405 g/mol. The molecule has 0 unspecified atom stereocenters. The number of aromatic nitrogens is 2. The van der Waals surface area contributed by atoms with Gasteiger partial charge in [-0.2, -0.15) is 0 Å². The number of nitrogens with zero attached hydrogens (tertiary/aromatic N) is 3. The Morgan fingerprint density at radius 2 is 2.11 bits per heavy atom. The maximum absolute atomic E-state index is 12.6. The zero-order valence-electron chi connectivity index (χ0n) is 15.8. The van der Waals surface area contributed by atoms with Crippen molar-refractivity contribution in [3.05, 3.63) is 47.5 Å². The quantitative estimate of drug-likeness (QED) is 0.853. The summed E-state index contributed by atoms with van der Waals surface area (Å²) in [6, 6.07) is 5.04. The fourth-order valence-electron chi connectivity index (χ4n) is 3.13. The van der Waals surface area contributed by atoms with Crippen molar-refractivity contribution in [1.82, 2.24) is 19.8 Å². The number of amides is 2. The van der Waals surface area contributed by atoms with Gasteiger partial charge in [0.25, 0.3) is 5.91 Å². The smallest absolute Gasteiger partial charge is 0.255 e. The first-order valence-electron chi connectivity index (χ1n) is 9.57. The molecule has 1 aromatic carbocycles. The van der Waals surface area contributed by atoms with Crippen molar-refractivity contribution < 1.29 is 14.3 Å². The summed E-state index contributed by atoms with van der Waals surface area (Å²) in [4.78, 5) is 30.9. The average Bonchev–Trinajstić information content (AvgIpc) is 3.21. The highest BCUT2D eigenvalue weighted by atomic mass is 35.5. The van der Waals surface area contributed by atoms with Crippen molar-refractivity contribution >= 4 is 23.4 Å². The van der Waals surface area contributed by atoms with E-state index in [1.807, 2.05) is 15.7 Å². The summed E-state index contributed by atoms with van der Waals surface area (Å²) >= 11 is 6.03. The van der Waals surface area contributed by atoms with Crippen LogP contribution in [-0.4, -0.2) is 52.5 Å². The van der Waals surface area contributed by atoms with Crippen LogP contribution in [0.2, 0.25) is 5.02 Å². The molecule has 0 atom stereocenters.